The third-order valence-electron chi connectivity index (χ3n) is 3.84. The summed E-state index contributed by atoms with van der Waals surface area (Å²) < 4.78 is 5.14. The number of benzene rings is 2. The van der Waals surface area contributed by atoms with Gasteiger partial charge < -0.3 is 9.94 Å². The summed E-state index contributed by atoms with van der Waals surface area (Å²) in [5.41, 5.74) is 2.33. The first-order chi connectivity index (χ1) is 11.1. The first kappa shape index (κ1) is 16.0. The van der Waals surface area contributed by atoms with Crippen LogP contribution in [0, 0.1) is 0 Å². The SMILES string of the molecule is COCN1C(=O)CN(O)C(c2ccccc2)c2cc(Cl)ccc21. The molecule has 0 aliphatic carbocycles. The van der Waals surface area contributed by atoms with Gasteiger partial charge in [-0.1, -0.05) is 41.9 Å². The summed E-state index contributed by atoms with van der Waals surface area (Å²) in [6.45, 7) is -0.0158. The van der Waals surface area contributed by atoms with E-state index in [1.165, 1.54) is 12.0 Å². The van der Waals surface area contributed by atoms with E-state index in [-0.39, 0.29) is 19.2 Å². The topological polar surface area (TPSA) is 53.0 Å². The fourth-order valence-corrected chi connectivity index (χ4v) is 3.04. The van der Waals surface area contributed by atoms with Crippen molar-refractivity contribution >= 4 is 23.2 Å². The number of fused-ring (bicyclic) bond motifs is 1. The van der Waals surface area contributed by atoms with Crippen molar-refractivity contribution in [3.8, 4) is 0 Å². The Morgan fingerprint density at radius 2 is 2.00 bits per heavy atom. The van der Waals surface area contributed by atoms with Crippen molar-refractivity contribution in [3.05, 3.63) is 64.7 Å². The molecule has 1 amide bonds. The van der Waals surface area contributed by atoms with E-state index in [0.29, 0.717) is 10.7 Å². The second-order valence-corrected chi connectivity index (χ2v) is 5.79. The van der Waals surface area contributed by atoms with E-state index in [2.05, 4.69) is 0 Å². The average molecular weight is 333 g/mol. The largest absolute Gasteiger partial charge is 0.364 e. The molecular weight excluding hydrogens is 316 g/mol. The molecule has 2 aromatic rings. The van der Waals surface area contributed by atoms with Gasteiger partial charge in [0.2, 0.25) is 5.91 Å². The van der Waals surface area contributed by atoms with Gasteiger partial charge in [0.15, 0.2) is 0 Å². The molecule has 6 heteroatoms. The Labute approximate surface area is 139 Å². The van der Waals surface area contributed by atoms with Crippen molar-refractivity contribution in [3.63, 3.8) is 0 Å². The Bertz CT molecular complexity index is 708. The zero-order chi connectivity index (χ0) is 16.4. The molecule has 1 N–H and O–H groups in total. The number of hydrogen-bond donors (Lipinski definition) is 1. The van der Waals surface area contributed by atoms with Crippen LogP contribution in [0.4, 0.5) is 5.69 Å². The van der Waals surface area contributed by atoms with Crippen LogP contribution in [-0.4, -0.2) is 36.6 Å². The van der Waals surface area contributed by atoms with Crippen LogP contribution in [0.5, 0.6) is 0 Å². The van der Waals surface area contributed by atoms with Gasteiger partial charge in [0.05, 0.1) is 11.7 Å². The highest BCUT2D eigenvalue weighted by molar-refractivity contribution is 6.30. The normalized spacial score (nSPS) is 18.7. The lowest BCUT2D eigenvalue weighted by molar-refractivity contribution is -0.142. The van der Waals surface area contributed by atoms with Gasteiger partial charge in [-0.25, -0.2) is 0 Å². The lowest BCUT2D eigenvalue weighted by atomic mass is 9.97. The van der Waals surface area contributed by atoms with E-state index in [1.54, 1.807) is 18.2 Å². The quantitative estimate of drug-likeness (QED) is 0.938. The van der Waals surface area contributed by atoms with E-state index < -0.39 is 6.04 Å². The van der Waals surface area contributed by atoms with Crippen LogP contribution in [-0.2, 0) is 9.53 Å². The maximum Gasteiger partial charge on any atom is 0.245 e. The Morgan fingerprint density at radius 1 is 1.26 bits per heavy atom. The van der Waals surface area contributed by atoms with Crippen molar-refractivity contribution in [1.29, 1.82) is 0 Å². The summed E-state index contributed by atoms with van der Waals surface area (Å²) >= 11 is 6.16. The molecule has 0 fully saturated rings. The third-order valence-corrected chi connectivity index (χ3v) is 4.08. The van der Waals surface area contributed by atoms with Gasteiger partial charge in [0.25, 0.3) is 0 Å². The summed E-state index contributed by atoms with van der Waals surface area (Å²) in [4.78, 5) is 14.0. The molecule has 0 saturated heterocycles. The minimum atomic E-state index is -0.476. The number of rotatable bonds is 3. The number of hydrogen-bond acceptors (Lipinski definition) is 4. The number of anilines is 1. The van der Waals surface area contributed by atoms with E-state index in [1.807, 2.05) is 30.3 Å². The molecule has 1 heterocycles. The maximum absolute atomic E-state index is 12.5. The average Bonchev–Trinajstić information content (AvgIpc) is 2.63. The van der Waals surface area contributed by atoms with E-state index in [4.69, 9.17) is 16.3 Å². The highest BCUT2D eigenvalue weighted by Gasteiger charge is 2.33. The van der Waals surface area contributed by atoms with Crippen LogP contribution in [0.25, 0.3) is 0 Å². The summed E-state index contributed by atoms with van der Waals surface area (Å²) in [7, 11) is 1.53. The monoisotopic (exact) mass is 332 g/mol. The molecule has 0 saturated carbocycles. The molecule has 0 spiro atoms. The molecule has 0 radical (unpaired) electrons. The zero-order valence-corrected chi connectivity index (χ0v) is 13.4. The maximum atomic E-state index is 12.5. The van der Waals surface area contributed by atoms with E-state index >= 15 is 0 Å². The van der Waals surface area contributed by atoms with Crippen LogP contribution in [0.2, 0.25) is 5.02 Å². The van der Waals surface area contributed by atoms with Crippen LogP contribution in [0.15, 0.2) is 48.5 Å². The number of methoxy groups -OCH3 is 1. The van der Waals surface area contributed by atoms with Gasteiger partial charge in [-0.05, 0) is 23.8 Å². The molecule has 1 aliphatic rings. The second-order valence-electron chi connectivity index (χ2n) is 5.35. The lowest BCUT2D eigenvalue weighted by Gasteiger charge is -2.25. The molecule has 2 aromatic carbocycles. The minimum absolute atomic E-state index is 0.114. The summed E-state index contributed by atoms with van der Waals surface area (Å²) in [5, 5.41) is 12.1. The number of nitrogens with zero attached hydrogens (tertiary/aromatic N) is 2. The van der Waals surface area contributed by atoms with Crippen LogP contribution < -0.4 is 4.90 Å². The standard InChI is InChI=1S/C17H17ClN2O3/c1-23-11-19-15-8-7-13(18)9-14(15)17(20(22)10-16(19)21)12-5-3-2-4-6-12/h2-9,17,22H,10-11H2,1H3. The Kier molecular flexibility index (Phi) is 4.63. The van der Waals surface area contributed by atoms with Gasteiger partial charge in [-0.15, -0.1) is 0 Å². The van der Waals surface area contributed by atoms with E-state index in [0.717, 1.165) is 16.2 Å². The number of carbonyl (C=O) groups excluding carboxylic acids is 1. The highest BCUT2D eigenvalue weighted by Crippen LogP contribution is 2.38. The Hall–Kier alpha value is -1.92. The van der Waals surface area contributed by atoms with Gasteiger partial charge in [0, 0.05) is 17.7 Å². The molecule has 1 atom stereocenters. The summed E-state index contributed by atoms with van der Waals surface area (Å²) in [6, 6.07) is 14.3. The molecule has 0 bridgehead atoms. The first-order valence-corrected chi connectivity index (χ1v) is 7.59. The Morgan fingerprint density at radius 3 is 2.70 bits per heavy atom. The number of carbonyl (C=O) groups is 1. The van der Waals surface area contributed by atoms with Crippen LogP contribution in [0.1, 0.15) is 17.2 Å². The molecule has 1 unspecified atom stereocenters. The molecule has 1 aliphatic heterocycles. The summed E-state index contributed by atoms with van der Waals surface area (Å²) in [6.07, 6.45) is 0. The fraction of sp³-hybridized carbons (Fsp3) is 0.235. The van der Waals surface area contributed by atoms with Gasteiger partial charge in [0.1, 0.15) is 13.3 Å². The zero-order valence-electron chi connectivity index (χ0n) is 12.6. The van der Waals surface area contributed by atoms with Gasteiger partial charge in [-0.3, -0.25) is 9.69 Å². The Balaban J connectivity index is 2.18. The van der Waals surface area contributed by atoms with E-state index in [9.17, 15) is 10.0 Å². The van der Waals surface area contributed by atoms with Crippen LogP contribution in [0.3, 0.4) is 0 Å². The van der Waals surface area contributed by atoms with Crippen molar-refractivity contribution < 1.29 is 14.7 Å². The fourth-order valence-electron chi connectivity index (χ4n) is 2.86. The summed E-state index contributed by atoms with van der Waals surface area (Å²) in [5.74, 6) is -0.239. The molecular formula is C17H17ClN2O3. The van der Waals surface area contributed by atoms with Crippen molar-refractivity contribution in [2.45, 2.75) is 6.04 Å². The van der Waals surface area contributed by atoms with Crippen molar-refractivity contribution in [2.75, 3.05) is 25.3 Å². The smallest absolute Gasteiger partial charge is 0.245 e. The van der Waals surface area contributed by atoms with Crippen molar-refractivity contribution in [2.24, 2.45) is 0 Å². The highest BCUT2D eigenvalue weighted by atomic mass is 35.5. The number of amides is 1. The number of hydroxylamine groups is 2. The molecule has 23 heavy (non-hydrogen) atoms. The number of halogens is 1. The molecule has 0 aromatic heterocycles. The van der Waals surface area contributed by atoms with Crippen molar-refractivity contribution in [1.82, 2.24) is 5.06 Å². The third kappa shape index (κ3) is 3.09. The second kappa shape index (κ2) is 6.68. The predicted molar refractivity (Wildman–Crippen MR) is 87.6 cm³/mol. The molecule has 3 rings (SSSR count). The predicted octanol–water partition coefficient (Wildman–Crippen LogP) is 3.07. The molecule has 120 valence electrons. The first-order valence-electron chi connectivity index (χ1n) is 7.21. The lowest BCUT2D eigenvalue weighted by Crippen LogP contribution is -2.38. The van der Waals surface area contributed by atoms with Crippen LogP contribution >= 0.6 is 11.6 Å². The van der Waals surface area contributed by atoms with Gasteiger partial charge >= 0.3 is 0 Å². The van der Waals surface area contributed by atoms with Gasteiger partial charge in [-0.2, -0.15) is 5.06 Å². The minimum Gasteiger partial charge on any atom is -0.364 e. The number of ether oxygens (including phenoxy) is 1. The molecule has 5 nitrogen and oxygen atoms in total.